The molecule has 2 rings (SSSR count). The van der Waals surface area contributed by atoms with Gasteiger partial charge in [0, 0.05) is 12.8 Å². The predicted octanol–water partition coefficient (Wildman–Crippen LogP) is 1.69. The Morgan fingerprint density at radius 2 is 2.29 bits per heavy atom. The first kappa shape index (κ1) is 11.6. The van der Waals surface area contributed by atoms with Gasteiger partial charge in [0.15, 0.2) is 11.5 Å². The van der Waals surface area contributed by atoms with Crippen LogP contribution < -0.4 is 0 Å². The minimum absolute atomic E-state index is 0.102. The number of nitrogens with zero attached hydrogens (tertiary/aromatic N) is 1. The van der Waals surface area contributed by atoms with Crippen LogP contribution in [-0.2, 0) is 4.79 Å². The highest BCUT2D eigenvalue weighted by Gasteiger charge is 2.16. The van der Waals surface area contributed by atoms with Crippen LogP contribution in [0, 0.1) is 6.92 Å². The van der Waals surface area contributed by atoms with Crippen molar-refractivity contribution in [1.29, 1.82) is 0 Å². The number of fused-ring (bicyclic) bond motifs is 1. The maximum Gasteiger partial charge on any atom is 0.304 e. The predicted molar refractivity (Wildman–Crippen MR) is 60.8 cm³/mol. The molecule has 1 aromatic heterocycles. The molecule has 1 aromatic carbocycles. The Morgan fingerprint density at radius 3 is 2.94 bits per heavy atom. The maximum absolute atomic E-state index is 10.7. The highest BCUT2D eigenvalue weighted by molar-refractivity contribution is 5.74. The maximum atomic E-state index is 10.7. The average molecular weight is 235 g/mol. The van der Waals surface area contributed by atoms with Gasteiger partial charge in [-0.15, -0.1) is 0 Å². The standard InChI is InChI=1S/C12H13NO4/c1-7-13-10-3-2-8(4-11(10)17-7)9(6-14)5-12(15)16/h2-4,9,14H,5-6H2,1H3,(H,15,16). The van der Waals surface area contributed by atoms with Crippen molar-refractivity contribution in [2.24, 2.45) is 0 Å². The van der Waals surface area contributed by atoms with Crippen LogP contribution in [0.4, 0.5) is 0 Å². The summed E-state index contributed by atoms with van der Waals surface area (Å²) in [5, 5.41) is 17.9. The van der Waals surface area contributed by atoms with E-state index in [0.717, 1.165) is 11.1 Å². The van der Waals surface area contributed by atoms with E-state index in [-0.39, 0.29) is 13.0 Å². The molecule has 1 atom stereocenters. The van der Waals surface area contributed by atoms with Gasteiger partial charge in [-0.25, -0.2) is 4.98 Å². The molecule has 0 saturated heterocycles. The van der Waals surface area contributed by atoms with E-state index >= 15 is 0 Å². The van der Waals surface area contributed by atoms with Crippen molar-refractivity contribution in [3.8, 4) is 0 Å². The number of hydrogen-bond acceptors (Lipinski definition) is 4. The largest absolute Gasteiger partial charge is 0.481 e. The molecule has 2 N–H and O–H groups in total. The van der Waals surface area contributed by atoms with Crippen molar-refractivity contribution < 1.29 is 19.4 Å². The normalized spacial score (nSPS) is 12.8. The van der Waals surface area contributed by atoms with E-state index in [1.165, 1.54) is 0 Å². The molecule has 5 heteroatoms. The third kappa shape index (κ3) is 2.45. The van der Waals surface area contributed by atoms with Crippen LogP contribution >= 0.6 is 0 Å². The van der Waals surface area contributed by atoms with Crippen LogP contribution in [0.1, 0.15) is 23.8 Å². The van der Waals surface area contributed by atoms with Gasteiger partial charge in [0.2, 0.25) is 0 Å². The van der Waals surface area contributed by atoms with E-state index in [1.807, 2.05) is 0 Å². The Kier molecular flexibility index (Phi) is 3.10. The van der Waals surface area contributed by atoms with E-state index in [1.54, 1.807) is 25.1 Å². The van der Waals surface area contributed by atoms with Crippen LogP contribution in [0.3, 0.4) is 0 Å². The molecule has 0 aliphatic rings. The summed E-state index contributed by atoms with van der Waals surface area (Å²) in [6, 6.07) is 5.28. The van der Waals surface area contributed by atoms with Gasteiger partial charge in [-0.05, 0) is 17.7 Å². The molecule has 0 amide bonds. The van der Waals surface area contributed by atoms with Crippen molar-refractivity contribution in [1.82, 2.24) is 4.98 Å². The summed E-state index contributed by atoms with van der Waals surface area (Å²) in [5.74, 6) is -0.781. The average Bonchev–Trinajstić information content (AvgIpc) is 2.64. The Labute approximate surface area is 97.7 Å². The van der Waals surface area contributed by atoms with Gasteiger partial charge in [0.1, 0.15) is 5.52 Å². The number of aliphatic hydroxyl groups is 1. The molecule has 5 nitrogen and oxygen atoms in total. The second-order valence-corrected chi connectivity index (χ2v) is 3.94. The molecule has 0 saturated carbocycles. The summed E-state index contributed by atoms with van der Waals surface area (Å²) in [4.78, 5) is 14.8. The zero-order valence-corrected chi connectivity index (χ0v) is 9.38. The van der Waals surface area contributed by atoms with Crippen molar-refractivity contribution >= 4 is 17.1 Å². The van der Waals surface area contributed by atoms with Gasteiger partial charge in [0.25, 0.3) is 0 Å². The zero-order chi connectivity index (χ0) is 12.4. The molecule has 0 bridgehead atoms. The number of oxazole rings is 1. The van der Waals surface area contributed by atoms with E-state index in [0.29, 0.717) is 11.5 Å². The van der Waals surface area contributed by atoms with Gasteiger partial charge in [-0.1, -0.05) is 6.07 Å². The fourth-order valence-electron chi connectivity index (χ4n) is 1.81. The molecule has 0 fully saturated rings. The van der Waals surface area contributed by atoms with E-state index in [4.69, 9.17) is 9.52 Å². The van der Waals surface area contributed by atoms with Crippen LogP contribution in [0.2, 0.25) is 0 Å². The Morgan fingerprint density at radius 1 is 1.53 bits per heavy atom. The van der Waals surface area contributed by atoms with Crippen LogP contribution in [0.5, 0.6) is 0 Å². The van der Waals surface area contributed by atoms with Crippen molar-refractivity contribution in [3.63, 3.8) is 0 Å². The Bertz CT molecular complexity index is 546. The molecule has 17 heavy (non-hydrogen) atoms. The van der Waals surface area contributed by atoms with E-state index in [2.05, 4.69) is 4.98 Å². The third-order valence-corrected chi connectivity index (χ3v) is 2.63. The number of carbonyl (C=O) groups is 1. The van der Waals surface area contributed by atoms with Gasteiger partial charge < -0.3 is 14.6 Å². The molecule has 0 radical (unpaired) electrons. The Balaban J connectivity index is 2.36. The zero-order valence-electron chi connectivity index (χ0n) is 9.38. The second kappa shape index (κ2) is 4.55. The number of carboxylic acid groups (broad SMARTS) is 1. The fourth-order valence-corrected chi connectivity index (χ4v) is 1.81. The second-order valence-electron chi connectivity index (χ2n) is 3.94. The lowest BCUT2D eigenvalue weighted by Crippen LogP contribution is -2.10. The summed E-state index contributed by atoms with van der Waals surface area (Å²) < 4.78 is 5.37. The van der Waals surface area contributed by atoms with Crippen molar-refractivity contribution in [2.75, 3.05) is 6.61 Å². The number of rotatable bonds is 4. The third-order valence-electron chi connectivity index (χ3n) is 2.63. The molecule has 1 unspecified atom stereocenters. The van der Waals surface area contributed by atoms with Gasteiger partial charge in [-0.2, -0.15) is 0 Å². The first-order chi connectivity index (χ1) is 8.10. The topological polar surface area (TPSA) is 83.6 Å². The minimum Gasteiger partial charge on any atom is -0.481 e. The molecule has 2 aromatic rings. The van der Waals surface area contributed by atoms with Crippen LogP contribution in [0.15, 0.2) is 22.6 Å². The number of aliphatic hydroxyl groups excluding tert-OH is 1. The lowest BCUT2D eigenvalue weighted by atomic mass is 9.96. The van der Waals surface area contributed by atoms with Crippen LogP contribution in [-0.4, -0.2) is 27.8 Å². The van der Waals surface area contributed by atoms with E-state index < -0.39 is 11.9 Å². The summed E-state index contributed by atoms with van der Waals surface area (Å²) in [6.45, 7) is 1.55. The number of hydrogen-bond donors (Lipinski definition) is 2. The summed E-state index contributed by atoms with van der Waals surface area (Å²) in [5.41, 5.74) is 2.10. The van der Waals surface area contributed by atoms with Gasteiger partial charge >= 0.3 is 5.97 Å². The minimum atomic E-state index is -0.933. The van der Waals surface area contributed by atoms with Crippen LogP contribution in [0.25, 0.3) is 11.1 Å². The van der Waals surface area contributed by atoms with Crippen molar-refractivity contribution in [3.05, 3.63) is 29.7 Å². The number of aryl methyl sites for hydroxylation is 1. The number of aliphatic carboxylic acids is 1. The SMILES string of the molecule is Cc1nc2ccc(C(CO)CC(=O)O)cc2o1. The first-order valence-corrected chi connectivity index (χ1v) is 5.30. The fraction of sp³-hybridized carbons (Fsp3) is 0.333. The van der Waals surface area contributed by atoms with E-state index in [9.17, 15) is 9.90 Å². The highest BCUT2D eigenvalue weighted by atomic mass is 16.4. The highest BCUT2D eigenvalue weighted by Crippen LogP contribution is 2.24. The smallest absolute Gasteiger partial charge is 0.304 e. The Hall–Kier alpha value is -1.88. The molecular weight excluding hydrogens is 222 g/mol. The van der Waals surface area contributed by atoms with Crippen molar-refractivity contribution in [2.45, 2.75) is 19.3 Å². The molecule has 0 aliphatic carbocycles. The molecule has 90 valence electrons. The summed E-state index contributed by atoms with van der Waals surface area (Å²) >= 11 is 0. The van der Waals surface area contributed by atoms with Gasteiger partial charge in [-0.3, -0.25) is 4.79 Å². The lowest BCUT2D eigenvalue weighted by Gasteiger charge is -2.11. The number of aromatic nitrogens is 1. The number of carboxylic acids is 1. The monoisotopic (exact) mass is 235 g/mol. The van der Waals surface area contributed by atoms with Gasteiger partial charge in [0.05, 0.1) is 13.0 Å². The summed E-state index contributed by atoms with van der Waals surface area (Å²) in [6.07, 6.45) is -0.102. The molecule has 1 heterocycles. The first-order valence-electron chi connectivity index (χ1n) is 5.30. The molecule has 0 aliphatic heterocycles. The summed E-state index contributed by atoms with van der Waals surface area (Å²) in [7, 11) is 0. The lowest BCUT2D eigenvalue weighted by molar-refractivity contribution is -0.137. The quantitative estimate of drug-likeness (QED) is 0.842. The number of benzene rings is 1. The molecular formula is C12H13NO4. The molecule has 0 spiro atoms.